The molecule has 0 radical (unpaired) electrons. The molecule has 2 aromatic heterocycles. The van der Waals surface area contributed by atoms with Crippen LogP contribution >= 0.6 is 0 Å². The zero-order valence-corrected chi connectivity index (χ0v) is 30.0. The van der Waals surface area contributed by atoms with Gasteiger partial charge in [0.05, 0.1) is 32.7 Å². The van der Waals surface area contributed by atoms with Gasteiger partial charge in [-0.05, 0) is 103 Å². The van der Waals surface area contributed by atoms with Crippen LogP contribution in [-0.4, -0.2) is 52.8 Å². The summed E-state index contributed by atoms with van der Waals surface area (Å²) in [5.74, 6) is 1.13. The molecule has 2 atom stereocenters. The number of carbonyl (C=O) groups is 2. The quantitative estimate of drug-likeness (QED) is 0.149. The summed E-state index contributed by atoms with van der Waals surface area (Å²) in [4.78, 5) is 24.0. The Morgan fingerprint density at radius 2 is 1.28 bits per heavy atom. The third-order valence-electron chi connectivity index (χ3n) is 10.3. The van der Waals surface area contributed by atoms with E-state index in [1.807, 2.05) is 30.3 Å². The summed E-state index contributed by atoms with van der Waals surface area (Å²) in [7, 11) is 1.16. The summed E-state index contributed by atoms with van der Waals surface area (Å²) in [6.07, 6.45) is 6.91. The molecule has 0 bridgehead atoms. The minimum atomic E-state index is -1.74. The predicted molar refractivity (Wildman–Crippen MR) is 185 cm³/mol. The van der Waals surface area contributed by atoms with E-state index in [1.165, 1.54) is 25.3 Å². The second-order valence-corrected chi connectivity index (χ2v) is 19.1. The summed E-state index contributed by atoms with van der Waals surface area (Å²) in [6.45, 7) is 12.1. The molecule has 254 valence electrons. The van der Waals surface area contributed by atoms with Gasteiger partial charge in [-0.3, -0.25) is 9.59 Å². The highest BCUT2D eigenvalue weighted by molar-refractivity contribution is 6.74. The Bertz CT molecular complexity index is 1720. The zero-order chi connectivity index (χ0) is 33.9. The van der Waals surface area contributed by atoms with Crippen molar-refractivity contribution in [2.45, 2.75) is 102 Å². The van der Waals surface area contributed by atoms with Crippen LogP contribution in [0, 0.1) is 0 Å². The number of rotatable bonds is 8. The van der Waals surface area contributed by atoms with Crippen molar-refractivity contribution in [3.63, 3.8) is 0 Å². The van der Waals surface area contributed by atoms with E-state index in [4.69, 9.17) is 27.8 Å². The average Bonchev–Trinajstić information content (AvgIpc) is 3.67. The lowest BCUT2D eigenvalue weighted by atomic mass is 9.81. The van der Waals surface area contributed by atoms with Crippen LogP contribution in [0.4, 0.5) is 0 Å². The smallest absolute Gasteiger partial charge is 0.313 e. The third kappa shape index (κ3) is 7.37. The highest BCUT2D eigenvalue weighted by Gasteiger charge is 2.37. The molecular weight excluding hydrogens is 612 g/mol. The van der Waals surface area contributed by atoms with Gasteiger partial charge >= 0.3 is 11.9 Å². The van der Waals surface area contributed by atoms with Gasteiger partial charge in [0, 0.05) is 30.2 Å². The molecule has 0 spiro atoms. The minimum absolute atomic E-state index is 0.0762. The van der Waals surface area contributed by atoms with E-state index in [1.54, 1.807) is 0 Å². The van der Waals surface area contributed by atoms with Crippen LogP contribution < -0.4 is 0 Å². The van der Waals surface area contributed by atoms with Gasteiger partial charge in [-0.25, -0.2) is 0 Å². The first-order chi connectivity index (χ1) is 22.4. The number of aliphatic hydroxyl groups is 1. The first kappa shape index (κ1) is 34.9. The van der Waals surface area contributed by atoms with E-state index in [2.05, 4.69) is 39.9 Å². The van der Waals surface area contributed by atoms with Gasteiger partial charge in [0.2, 0.25) is 0 Å². The molecule has 0 fully saturated rings. The highest BCUT2D eigenvalue weighted by Crippen LogP contribution is 2.40. The Morgan fingerprint density at radius 1 is 0.809 bits per heavy atom. The molecule has 2 aliphatic carbocycles. The lowest BCUT2D eigenvalue weighted by Crippen LogP contribution is -2.41. The Morgan fingerprint density at radius 3 is 1.70 bits per heavy atom. The molecule has 1 N–H and O–H groups in total. The van der Waals surface area contributed by atoms with Gasteiger partial charge in [0.25, 0.3) is 0 Å². The van der Waals surface area contributed by atoms with Gasteiger partial charge in [0.1, 0.15) is 22.7 Å². The molecule has 2 aromatic carbocycles. The molecule has 2 heterocycles. The number of esters is 2. The van der Waals surface area contributed by atoms with Gasteiger partial charge in [-0.2, -0.15) is 0 Å². The summed E-state index contributed by atoms with van der Waals surface area (Å²) < 4.78 is 28.0. The minimum Gasteiger partial charge on any atom is -0.469 e. The van der Waals surface area contributed by atoms with Crippen LogP contribution in [0.3, 0.4) is 0 Å². The van der Waals surface area contributed by atoms with Crippen molar-refractivity contribution in [2.75, 3.05) is 27.4 Å². The maximum atomic E-state index is 12.1. The number of ether oxygens (including phenoxy) is 2. The number of hydrogen-bond acceptors (Lipinski definition) is 8. The normalized spacial score (nSPS) is 17.9. The van der Waals surface area contributed by atoms with E-state index in [9.17, 15) is 9.59 Å². The van der Waals surface area contributed by atoms with Gasteiger partial charge in [-0.1, -0.05) is 32.9 Å². The third-order valence-corrected chi connectivity index (χ3v) is 14.9. The van der Waals surface area contributed by atoms with Crippen molar-refractivity contribution < 1.29 is 37.4 Å². The van der Waals surface area contributed by atoms with Crippen molar-refractivity contribution in [3.05, 3.63) is 70.2 Å². The number of hydrogen-bond donors (Lipinski definition) is 1. The molecular formula is C38H50O8Si. The largest absolute Gasteiger partial charge is 0.469 e. The summed E-state index contributed by atoms with van der Waals surface area (Å²) >= 11 is 0. The second-order valence-electron chi connectivity index (χ2n) is 14.3. The first-order valence-corrected chi connectivity index (χ1v) is 19.8. The fourth-order valence-corrected chi connectivity index (χ4v) is 7.77. The Balaban J connectivity index is 0.000000193. The fraction of sp³-hybridized carbons (Fsp3) is 0.526. The molecule has 47 heavy (non-hydrogen) atoms. The number of carbonyl (C=O) groups excluding carboxylic acids is 2. The molecule has 6 rings (SSSR count). The van der Waals surface area contributed by atoms with Crippen molar-refractivity contribution in [1.82, 2.24) is 0 Å². The van der Waals surface area contributed by atoms with E-state index in [-0.39, 0.29) is 35.4 Å². The summed E-state index contributed by atoms with van der Waals surface area (Å²) in [6, 6.07) is 12.1. The molecule has 0 aliphatic heterocycles. The molecule has 2 aliphatic rings. The summed E-state index contributed by atoms with van der Waals surface area (Å²) in [5.41, 5.74) is 6.34. The van der Waals surface area contributed by atoms with Gasteiger partial charge in [-0.15, -0.1) is 0 Å². The number of benzene rings is 2. The van der Waals surface area contributed by atoms with Crippen LogP contribution in [-0.2, 0) is 49.2 Å². The van der Waals surface area contributed by atoms with Gasteiger partial charge < -0.3 is 27.8 Å². The monoisotopic (exact) mass is 662 g/mol. The Labute approximate surface area is 278 Å². The fourth-order valence-electron chi connectivity index (χ4n) is 6.72. The second kappa shape index (κ2) is 14.4. The number of furan rings is 2. The first-order valence-electron chi connectivity index (χ1n) is 16.9. The van der Waals surface area contributed by atoms with Crippen LogP contribution in [0.5, 0.6) is 0 Å². The van der Waals surface area contributed by atoms with Crippen LogP contribution in [0.1, 0.15) is 92.1 Å². The van der Waals surface area contributed by atoms with E-state index in [0.29, 0.717) is 13.0 Å². The molecule has 2 unspecified atom stereocenters. The maximum absolute atomic E-state index is 12.1. The SMILES string of the molecule is COC(=O)C1CCCc2c1ccc1oc(CCO)cc21.COC(=O)C1CCCc2c1ccc1oc(CCO[Si](C)(C)C(C)(C)C)cc21. The van der Waals surface area contributed by atoms with Crippen molar-refractivity contribution in [2.24, 2.45) is 0 Å². The average molecular weight is 663 g/mol. The van der Waals surface area contributed by atoms with Crippen LogP contribution in [0.2, 0.25) is 18.1 Å². The topological polar surface area (TPSA) is 108 Å². The predicted octanol–water partition coefficient (Wildman–Crippen LogP) is 8.15. The molecule has 0 saturated carbocycles. The number of fused-ring (bicyclic) bond motifs is 6. The molecule has 0 saturated heterocycles. The lowest BCUT2D eigenvalue weighted by molar-refractivity contribution is -0.143. The van der Waals surface area contributed by atoms with E-state index in [0.717, 1.165) is 89.5 Å². The van der Waals surface area contributed by atoms with Gasteiger partial charge in [0.15, 0.2) is 8.32 Å². The van der Waals surface area contributed by atoms with E-state index < -0.39 is 8.32 Å². The molecule has 0 amide bonds. The number of aryl methyl sites for hydroxylation is 2. The maximum Gasteiger partial charge on any atom is 0.313 e. The highest BCUT2D eigenvalue weighted by atomic mass is 28.4. The van der Waals surface area contributed by atoms with Crippen molar-refractivity contribution in [3.8, 4) is 0 Å². The van der Waals surface area contributed by atoms with Crippen LogP contribution in [0.25, 0.3) is 21.9 Å². The Hall–Kier alpha value is -3.40. The molecule has 8 nitrogen and oxygen atoms in total. The zero-order valence-electron chi connectivity index (χ0n) is 29.0. The number of methoxy groups -OCH3 is 2. The standard InChI is InChI=1S/C22H32O4Si.C16H18O4/c1-22(2,3)27(5,6)25-13-12-15-14-19-16-8-7-9-18(21(23)24-4)17(16)10-11-20(19)26-15;1-19-16(18)13-4-2-3-11-12(13)5-6-15-14(11)9-10(20-15)7-8-17/h10-11,14,18H,7-9,12-13H2,1-6H3;5-6,9,13,17H,2-4,7-8H2,1H3. The van der Waals surface area contributed by atoms with Crippen molar-refractivity contribution in [1.29, 1.82) is 0 Å². The number of aliphatic hydroxyl groups excluding tert-OH is 1. The van der Waals surface area contributed by atoms with Crippen molar-refractivity contribution >= 4 is 42.2 Å². The summed E-state index contributed by atoms with van der Waals surface area (Å²) in [5, 5.41) is 11.4. The van der Waals surface area contributed by atoms with Crippen LogP contribution in [0.15, 0.2) is 45.2 Å². The van der Waals surface area contributed by atoms with E-state index >= 15 is 0 Å². The molecule has 9 heteroatoms. The lowest BCUT2D eigenvalue weighted by Gasteiger charge is -2.36. The molecule has 4 aromatic rings. The Kier molecular flexibility index (Phi) is 10.7.